The largest absolute Gasteiger partial charge is 0.325 e. The zero-order chi connectivity index (χ0) is 18.5. The van der Waals surface area contributed by atoms with Gasteiger partial charge in [0, 0.05) is 23.4 Å². The van der Waals surface area contributed by atoms with E-state index in [0.717, 1.165) is 11.1 Å². The number of non-ortho nitro benzene ring substituents is 1. The number of H-pyrrole nitrogens is 1. The van der Waals surface area contributed by atoms with Gasteiger partial charge in [0.2, 0.25) is 11.1 Å². The number of nitro benzene ring substituents is 1. The number of carbonyl (C=O) groups is 1. The van der Waals surface area contributed by atoms with E-state index in [0.29, 0.717) is 16.7 Å². The summed E-state index contributed by atoms with van der Waals surface area (Å²) in [5, 5.41) is 20.8. The third kappa shape index (κ3) is 4.45. The van der Waals surface area contributed by atoms with Gasteiger partial charge < -0.3 is 5.32 Å². The number of thioether (sulfide) groups is 1. The lowest BCUT2D eigenvalue weighted by Crippen LogP contribution is -2.14. The van der Waals surface area contributed by atoms with Gasteiger partial charge in [0.25, 0.3) is 5.69 Å². The molecular weight excluding hydrogens is 354 g/mol. The first-order valence-corrected chi connectivity index (χ1v) is 8.66. The van der Waals surface area contributed by atoms with Gasteiger partial charge in [0.15, 0.2) is 5.82 Å². The van der Waals surface area contributed by atoms with Crippen molar-refractivity contribution in [3.63, 3.8) is 0 Å². The molecule has 0 saturated heterocycles. The first-order valence-electron chi connectivity index (χ1n) is 7.68. The highest BCUT2D eigenvalue weighted by Gasteiger charge is 2.11. The molecule has 0 fully saturated rings. The number of rotatable bonds is 6. The minimum absolute atomic E-state index is 0.0767. The molecular formula is C17H15N5O3S. The third-order valence-electron chi connectivity index (χ3n) is 3.43. The number of nitro groups is 1. The van der Waals surface area contributed by atoms with Crippen LogP contribution in [0, 0.1) is 17.0 Å². The molecule has 26 heavy (non-hydrogen) atoms. The molecule has 1 aromatic heterocycles. The van der Waals surface area contributed by atoms with Gasteiger partial charge >= 0.3 is 0 Å². The van der Waals surface area contributed by atoms with Crippen LogP contribution in [-0.2, 0) is 4.79 Å². The molecule has 3 rings (SSSR count). The molecule has 0 unspecified atom stereocenters. The SMILES string of the molecule is Cc1cccc(-c2nc(SCC(=O)Nc3cccc([N+](=O)[O-])c3)n[nH]2)c1. The molecule has 0 radical (unpaired) electrons. The Hall–Kier alpha value is -3.20. The van der Waals surface area contributed by atoms with E-state index < -0.39 is 4.92 Å². The summed E-state index contributed by atoms with van der Waals surface area (Å²) in [6, 6.07) is 13.6. The van der Waals surface area contributed by atoms with Crippen LogP contribution in [0.5, 0.6) is 0 Å². The first kappa shape index (κ1) is 17.6. The second kappa shape index (κ2) is 7.79. The Morgan fingerprint density at radius 3 is 2.85 bits per heavy atom. The van der Waals surface area contributed by atoms with Crippen molar-refractivity contribution in [3.8, 4) is 11.4 Å². The Balaban J connectivity index is 1.58. The van der Waals surface area contributed by atoms with Gasteiger partial charge in [-0.2, -0.15) is 0 Å². The molecule has 1 heterocycles. The molecule has 2 aromatic carbocycles. The molecule has 3 aromatic rings. The molecule has 9 heteroatoms. The molecule has 0 bridgehead atoms. The van der Waals surface area contributed by atoms with Crippen molar-refractivity contribution in [2.45, 2.75) is 12.1 Å². The van der Waals surface area contributed by atoms with Gasteiger partial charge in [0.05, 0.1) is 10.7 Å². The molecule has 132 valence electrons. The number of aromatic nitrogens is 3. The van der Waals surface area contributed by atoms with E-state index in [1.54, 1.807) is 6.07 Å². The van der Waals surface area contributed by atoms with Crippen LogP contribution in [-0.4, -0.2) is 31.8 Å². The Morgan fingerprint density at radius 1 is 1.27 bits per heavy atom. The van der Waals surface area contributed by atoms with Gasteiger partial charge in [-0.1, -0.05) is 41.6 Å². The van der Waals surface area contributed by atoms with Crippen molar-refractivity contribution in [2.24, 2.45) is 0 Å². The lowest BCUT2D eigenvalue weighted by molar-refractivity contribution is -0.384. The van der Waals surface area contributed by atoms with Crippen LogP contribution in [0.4, 0.5) is 11.4 Å². The highest BCUT2D eigenvalue weighted by Crippen LogP contribution is 2.21. The fourth-order valence-corrected chi connectivity index (χ4v) is 2.86. The maximum atomic E-state index is 12.0. The van der Waals surface area contributed by atoms with Gasteiger partial charge in [-0.3, -0.25) is 20.0 Å². The molecule has 0 saturated carbocycles. The summed E-state index contributed by atoms with van der Waals surface area (Å²) in [6.45, 7) is 1.99. The van der Waals surface area contributed by atoms with Crippen LogP contribution < -0.4 is 5.32 Å². The van der Waals surface area contributed by atoms with Crippen molar-refractivity contribution in [2.75, 3.05) is 11.1 Å². The van der Waals surface area contributed by atoms with Crippen molar-refractivity contribution in [3.05, 3.63) is 64.2 Å². The number of anilines is 1. The average Bonchev–Trinajstić information content (AvgIpc) is 3.09. The van der Waals surface area contributed by atoms with Gasteiger partial charge in [-0.25, -0.2) is 4.98 Å². The summed E-state index contributed by atoms with van der Waals surface area (Å²) >= 11 is 1.18. The number of hydrogen-bond donors (Lipinski definition) is 2. The molecule has 8 nitrogen and oxygen atoms in total. The normalized spacial score (nSPS) is 10.5. The second-order valence-electron chi connectivity index (χ2n) is 5.48. The van der Waals surface area contributed by atoms with Crippen LogP contribution >= 0.6 is 11.8 Å². The quantitative estimate of drug-likeness (QED) is 0.391. The summed E-state index contributed by atoms with van der Waals surface area (Å²) in [7, 11) is 0. The number of amides is 1. The van der Waals surface area contributed by atoms with E-state index in [2.05, 4.69) is 20.5 Å². The molecule has 0 aliphatic carbocycles. The average molecular weight is 369 g/mol. The van der Waals surface area contributed by atoms with Crippen molar-refractivity contribution in [1.82, 2.24) is 15.2 Å². The van der Waals surface area contributed by atoms with Gasteiger partial charge in [0.1, 0.15) is 0 Å². The maximum absolute atomic E-state index is 12.0. The van der Waals surface area contributed by atoms with Gasteiger partial charge in [-0.15, -0.1) is 5.10 Å². The molecule has 2 N–H and O–H groups in total. The fourth-order valence-electron chi connectivity index (χ4n) is 2.26. The number of nitrogens with zero attached hydrogens (tertiary/aromatic N) is 3. The Labute approximate surface area is 153 Å². The third-order valence-corrected chi connectivity index (χ3v) is 4.28. The number of carbonyl (C=O) groups excluding carboxylic acids is 1. The molecule has 0 aliphatic rings. The Bertz CT molecular complexity index is 957. The predicted molar refractivity (Wildman–Crippen MR) is 99.0 cm³/mol. The number of nitrogens with one attached hydrogen (secondary N) is 2. The molecule has 1 amide bonds. The van der Waals surface area contributed by atoms with Crippen molar-refractivity contribution < 1.29 is 9.72 Å². The van der Waals surface area contributed by atoms with E-state index in [1.807, 2.05) is 31.2 Å². The lowest BCUT2D eigenvalue weighted by atomic mass is 10.1. The Kier molecular flexibility index (Phi) is 5.28. The summed E-state index contributed by atoms with van der Waals surface area (Å²) in [5.74, 6) is 0.432. The summed E-state index contributed by atoms with van der Waals surface area (Å²) in [5.41, 5.74) is 2.34. The number of hydrogen-bond acceptors (Lipinski definition) is 6. The van der Waals surface area contributed by atoms with Crippen LogP contribution in [0.25, 0.3) is 11.4 Å². The van der Waals surface area contributed by atoms with E-state index in [1.165, 1.54) is 30.0 Å². The standard InChI is InChI=1S/C17H15N5O3S/c1-11-4-2-5-12(8-11)16-19-17(21-20-16)26-10-15(23)18-13-6-3-7-14(9-13)22(24)25/h2-9H,10H2,1H3,(H,18,23)(H,19,20,21). The minimum Gasteiger partial charge on any atom is -0.325 e. The monoisotopic (exact) mass is 369 g/mol. The van der Waals surface area contributed by atoms with Gasteiger partial charge in [-0.05, 0) is 19.1 Å². The topological polar surface area (TPSA) is 114 Å². The number of aryl methyl sites for hydroxylation is 1. The number of aromatic amines is 1. The van der Waals surface area contributed by atoms with Crippen LogP contribution in [0.2, 0.25) is 0 Å². The zero-order valence-corrected chi connectivity index (χ0v) is 14.6. The van der Waals surface area contributed by atoms with Crippen LogP contribution in [0.3, 0.4) is 0 Å². The van der Waals surface area contributed by atoms with E-state index in [9.17, 15) is 14.9 Å². The summed E-state index contributed by atoms with van der Waals surface area (Å²) in [4.78, 5) is 26.6. The first-order chi connectivity index (χ1) is 12.5. The van der Waals surface area contributed by atoms with E-state index in [4.69, 9.17) is 0 Å². The predicted octanol–water partition coefficient (Wildman–Crippen LogP) is 3.42. The van der Waals surface area contributed by atoms with Crippen LogP contribution in [0.15, 0.2) is 53.7 Å². The summed E-state index contributed by atoms with van der Waals surface area (Å²) in [6.07, 6.45) is 0. The second-order valence-corrected chi connectivity index (χ2v) is 6.42. The highest BCUT2D eigenvalue weighted by atomic mass is 32.2. The number of benzene rings is 2. The molecule has 0 atom stereocenters. The van der Waals surface area contributed by atoms with E-state index >= 15 is 0 Å². The Morgan fingerprint density at radius 2 is 2.08 bits per heavy atom. The smallest absolute Gasteiger partial charge is 0.271 e. The summed E-state index contributed by atoms with van der Waals surface area (Å²) < 4.78 is 0. The van der Waals surface area contributed by atoms with Crippen molar-refractivity contribution >= 4 is 29.0 Å². The van der Waals surface area contributed by atoms with Crippen LogP contribution in [0.1, 0.15) is 5.56 Å². The fraction of sp³-hybridized carbons (Fsp3) is 0.118. The molecule has 0 aliphatic heterocycles. The lowest BCUT2D eigenvalue weighted by Gasteiger charge is -2.03. The van der Waals surface area contributed by atoms with Crippen molar-refractivity contribution in [1.29, 1.82) is 0 Å². The zero-order valence-electron chi connectivity index (χ0n) is 13.8. The molecule has 0 spiro atoms. The van der Waals surface area contributed by atoms with E-state index in [-0.39, 0.29) is 17.3 Å². The maximum Gasteiger partial charge on any atom is 0.271 e. The highest BCUT2D eigenvalue weighted by molar-refractivity contribution is 7.99. The minimum atomic E-state index is -0.509.